The third-order valence-corrected chi connectivity index (χ3v) is 6.04. The van der Waals surface area contributed by atoms with Crippen molar-refractivity contribution in [3.63, 3.8) is 0 Å². The van der Waals surface area contributed by atoms with Gasteiger partial charge in [0.2, 0.25) is 10.0 Å². The second kappa shape index (κ2) is 6.30. The number of aromatic amines is 1. The topological polar surface area (TPSA) is 69.3 Å². The van der Waals surface area contributed by atoms with Crippen LogP contribution in [0.1, 0.15) is 12.8 Å². The van der Waals surface area contributed by atoms with Crippen LogP contribution in [0.15, 0.2) is 18.3 Å². The molecule has 1 N–H and O–H groups in total. The minimum absolute atomic E-state index is 0.394. The van der Waals surface area contributed by atoms with Gasteiger partial charge < -0.3 is 4.90 Å². The van der Waals surface area contributed by atoms with E-state index in [1.165, 1.54) is 10.6 Å². The molecule has 3 rings (SSSR count). The highest BCUT2D eigenvalue weighted by atomic mass is 35.5. The molecule has 0 aliphatic carbocycles. The molecule has 126 valence electrons. The molecule has 1 saturated heterocycles. The van der Waals surface area contributed by atoms with Gasteiger partial charge in [0, 0.05) is 42.8 Å². The molecule has 0 amide bonds. The van der Waals surface area contributed by atoms with Crippen LogP contribution in [0.5, 0.6) is 0 Å². The number of hydrogen-bond donors (Lipinski definition) is 1. The lowest BCUT2D eigenvalue weighted by molar-refractivity contribution is 0.329. The molecule has 23 heavy (non-hydrogen) atoms. The van der Waals surface area contributed by atoms with Gasteiger partial charge in [-0.15, -0.1) is 0 Å². The van der Waals surface area contributed by atoms with E-state index in [0.29, 0.717) is 17.5 Å². The maximum absolute atomic E-state index is 11.5. The molecule has 0 radical (unpaired) electrons. The van der Waals surface area contributed by atoms with Crippen molar-refractivity contribution in [2.45, 2.75) is 12.8 Å². The number of anilines is 1. The maximum atomic E-state index is 11.5. The van der Waals surface area contributed by atoms with Gasteiger partial charge in [-0.05, 0) is 30.9 Å². The summed E-state index contributed by atoms with van der Waals surface area (Å²) in [5.41, 5.74) is 2.03. The summed E-state index contributed by atoms with van der Waals surface area (Å²) < 4.78 is 24.5. The van der Waals surface area contributed by atoms with Crippen LogP contribution < -0.4 is 4.90 Å². The van der Waals surface area contributed by atoms with Gasteiger partial charge in [-0.1, -0.05) is 11.6 Å². The molecular formula is C15H21ClN4O2S. The van der Waals surface area contributed by atoms with Gasteiger partial charge in [-0.2, -0.15) is 5.10 Å². The number of rotatable bonds is 4. The molecule has 0 atom stereocenters. The quantitative estimate of drug-likeness (QED) is 0.912. The number of aromatic nitrogens is 2. The van der Waals surface area contributed by atoms with Gasteiger partial charge in [-0.25, -0.2) is 12.7 Å². The summed E-state index contributed by atoms with van der Waals surface area (Å²) in [5.74, 6) is 0.394. The Morgan fingerprint density at radius 2 is 2.09 bits per heavy atom. The lowest BCUT2D eigenvalue weighted by Crippen LogP contribution is -2.39. The SMILES string of the molecule is CN(CC1CCN(c2cc(Cl)cc3[nH]ncc23)CC1)S(C)(=O)=O. The standard InChI is InChI=1S/C15H21ClN4O2S/c1-19(23(2,21)22)10-11-3-5-20(6-4-11)15-8-12(16)7-14-13(15)9-17-18-14/h7-9,11H,3-6,10H2,1-2H3,(H,17,18). The highest BCUT2D eigenvalue weighted by Crippen LogP contribution is 2.32. The predicted molar refractivity (Wildman–Crippen MR) is 93.5 cm³/mol. The molecule has 0 saturated carbocycles. The highest BCUT2D eigenvalue weighted by Gasteiger charge is 2.24. The van der Waals surface area contributed by atoms with Crippen LogP contribution in [-0.2, 0) is 10.0 Å². The van der Waals surface area contributed by atoms with Gasteiger partial charge in [0.1, 0.15) is 0 Å². The molecule has 6 nitrogen and oxygen atoms in total. The first-order valence-corrected chi connectivity index (χ1v) is 9.86. The van der Waals surface area contributed by atoms with Crippen LogP contribution in [0.4, 0.5) is 5.69 Å². The highest BCUT2D eigenvalue weighted by molar-refractivity contribution is 7.88. The van der Waals surface area contributed by atoms with Crippen molar-refractivity contribution in [1.82, 2.24) is 14.5 Å². The summed E-state index contributed by atoms with van der Waals surface area (Å²) in [5, 5.41) is 8.81. The van der Waals surface area contributed by atoms with Crippen LogP contribution in [0.25, 0.3) is 10.9 Å². The van der Waals surface area contributed by atoms with Gasteiger partial charge >= 0.3 is 0 Å². The van der Waals surface area contributed by atoms with E-state index in [-0.39, 0.29) is 0 Å². The molecule has 2 aromatic rings. The first-order valence-electron chi connectivity index (χ1n) is 7.63. The number of nitrogens with zero attached hydrogens (tertiary/aromatic N) is 3. The average molecular weight is 357 g/mol. The second-order valence-corrected chi connectivity index (χ2v) is 8.76. The Morgan fingerprint density at radius 1 is 1.39 bits per heavy atom. The van der Waals surface area contributed by atoms with Gasteiger partial charge in [0.15, 0.2) is 0 Å². The fraction of sp³-hybridized carbons (Fsp3) is 0.533. The van der Waals surface area contributed by atoms with Crippen molar-refractivity contribution >= 4 is 38.2 Å². The average Bonchev–Trinajstić information content (AvgIpc) is 2.94. The molecule has 0 spiro atoms. The zero-order valence-corrected chi connectivity index (χ0v) is 14.9. The Bertz CT molecular complexity index is 797. The minimum Gasteiger partial charge on any atom is -0.371 e. The van der Waals surface area contributed by atoms with Crippen LogP contribution in [0, 0.1) is 5.92 Å². The molecule has 0 bridgehead atoms. The molecule has 1 aliphatic heterocycles. The lowest BCUT2D eigenvalue weighted by Gasteiger charge is -2.35. The summed E-state index contributed by atoms with van der Waals surface area (Å²) in [4.78, 5) is 2.31. The monoisotopic (exact) mass is 356 g/mol. The largest absolute Gasteiger partial charge is 0.371 e. The van der Waals surface area contributed by atoms with Gasteiger partial charge in [-0.3, -0.25) is 5.10 Å². The summed E-state index contributed by atoms with van der Waals surface area (Å²) in [6.45, 7) is 2.37. The van der Waals surface area contributed by atoms with Crippen molar-refractivity contribution in [3.8, 4) is 0 Å². The number of fused-ring (bicyclic) bond motifs is 1. The fourth-order valence-electron chi connectivity index (χ4n) is 3.12. The number of benzene rings is 1. The third-order valence-electron chi connectivity index (χ3n) is 4.54. The number of hydrogen-bond acceptors (Lipinski definition) is 4. The van der Waals surface area contributed by atoms with Crippen LogP contribution in [0.3, 0.4) is 0 Å². The van der Waals surface area contributed by atoms with Crippen molar-refractivity contribution in [2.75, 3.05) is 37.8 Å². The minimum atomic E-state index is -3.10. The van der Waals surface area contributed by atoms with E-state index in [9.17, 15) is 8.42 Å². The Kier molecular flexibility index (Phi) is 4.53. The number of piperidine rings is 1. The molecule has 8 heteroatoms. The van der Waals surface area contributed by atoms with E-state index in [1.54, 1.807) is 7.05 Å². The summed E-state index contributed by atoms with van der Waals surface area (Å²) in [6, 6.07) is 3.85. The molecule has 2 heterocycles. The van der Waals surface area contributed by atoms with Gasteiger partial charge in [0.05, 0.1) is 18.0 Å². The zero-order valence-electron chi connectivity index (χ0n) is 13.3. The zero-order chi connectivity index (χ0) is 16.6. The molecule has 1 fully saturated rings. The number of nitrogens with one attached hydrogen (secondary N) is 1. The van der Waals surface area contributed by atoms with E-state index in [0.717, 1.165) is 42.5 Å². The maximum Gasteiger partial charge on any atom is 0.210 e. The predicted octanol–water partition coefficient (Wildman–Crippen LogP) is 2.32. The normalized spacial score (nSPS) is 17.3. The summed E-state index contributed by atoms with van der Waals surface area (Å²) >= 11 is 6.20. The number of halogens is 1. The molecule has 1 aliphatic rings. The smallest absolute Gasteiger partial charge is 0.210 e. The van der Waals surface area contributed by atoms with E-state index in [2.05, 4.69) is 15.1 Å². The van der Waals surface area contributed by atoms with Crippen LogP contribution in [0.2, 0.25) is 5.02 Å². The van der Waals surface area contributed by atoms with Crippen LogP contribution >= 0.6 is 11.6 Å². The van der Waals surface area contributed by atoms with Gasteiger partial charge in [0.25, 0.3) is 0 Å². The van der Waals surface area contributed by atoms with Crippen molar-refractivity contribution in [2.24, 2.45) is 5.92 Å². The molecule has 0 unspecified atom stereocenters. The van der Waals surface area contributed by atoms with Crippen molar-refractivity contribution < 1.29 is 8.42 Å². The van der Waals surface area contributed by atoms with E-state index >= 15 is 0 Å². The van der Waals surface area contributed by atoms with Crippen LogP contribution in [-0.4, -0.2) is 55.9 Å². The first kappa shape index (κ1) is 16.5. The Balaban J connectivity index is 1.70. The number of H-pyrrole nitrogens is 1. The summed E-state index contributed by atoms with van der Waals surface area (Å²) in [6.07, 6.45) is 5.01. The second-order valence-electron chi connectivity index (χ2n) is 6.23. The van der Waals surface area contributed by atoms with E-state index in [1.807, 2.05) is 18.3 Å². The lowest BCUT2D eigenvalue weighted by atomic mass is 9.96. The Morgan fingerprint density at radius 3 is 2.74 bits per heavy atom. The fourth-order valence-corrected chi connectivity index (χ4v) is 3.81. The molecule has 1 aromatic carbocycles. The van der Waals surface area contributed by atoms with E-state index in [4.69, 9.17) is 11.6 Å². The van der Waals surface area contributed by atoms with Crippen molar-refractivity contribution in [1.29, 1.82) is 0 Å². The molecule has 1 aromatic heterocycles. The van der Waals surface area contributed by atoms with Crippen molar-refractivity contribution in [3.05, 3.63) is 23.4 Å². The Labute approximate surface area is 141 Å². The first-order chi connectivity index (χ1) is 10.8. The Hall–Kier alpha value is -1.31. The molecular weight excluding hydrogens is 336 g/mol. The van der Waals surface area contributed by atoms with E-state index < -0.39 is 10.0 Å². The summed E-state index contributed by atoms with van der Waals surface area (Å²) in [7, 11) is -1.46. The third kappa shape index (κ3) is 3.62. The number of sulfonamides is 1.